The second kappa shape index (κ2) is 7.62. The molecule has 0 aliphatic carbocycles. The maximum absolute atomic E-state index is 12.0. The van der Waals surface area contributed by atoms with Crippen LogP contribution in [0.25, 0.3) is 0 Å². The SMILES string of the molecule is CN1CCN(C(=O)CCNCc2ccccc2Cl)CC1. The van der Waals surface area contributed by atoms with Crippen molar-refractivity contribution in [3.8, 4) is 0 Å². The number of rotatable bonds is 5. The van der Waals surface area contributed by atoms with Crippen LogP contribution in [0.3, 0.4) is 0 Å². The summed E-state index contributed by atoms with van der Waals surface area (Å²) in [5.74, 6) is 0.241. The van der Waals surface area contributed by atoms with E-state index in [0.717, 1.165) is 36.8 Å². The predicted octanol–water partition coefficient (Wildman–Crippen LogP) is 1.59. The van der Waals surface area contributed by atoms with Crippen molar-refractivity contribution in [2.75, 3.05) is 39.8 Å². The average Bonchev–Trinajstić information content (AvgIpc) is 2.46. The lowest BCUT2D eigenvalue weighted by Gasteiger charge is -2.32. The van der Waals surface area contributed by atoms with Crippen molar-refractivity contribution >= 4 is 17.5 Å². The molecule has 20 heavy (non-hydrogen) atoms. The highest BCUT2D eigenvalue weighted by molar-refractivity contribution is 6.31. The minimum atomic E-state index is 0.241. The molecule has 1 heterocycles. The summed E-state index contributed by atoms with van der Waals surface area (Å²) in [6, 6.07) is 7.77. The molecule has 1 aliphatic rings. The Morgan fingerprint density at radius 1 is 1.25 bits per heavy atom. The second-order valence-electron chi connectivity index (χ2n) is 5.20. The molecule has 1 fully saturated rings. The van der Waals surface area contributed by atoms with Crippen LogP contribution < -0.4 is 5.32 Å². The number of hydrogen-bond acceptors (Lipinski definition) is 3. The normalized spacial score (nSPS) is 16.4. The van der Waals surface area contributed by atoms with Gasteiger partial charge in [0, 0.05) is 50.7 Å². The molecule has 110 valence electrons. The van der Waals surface area contributed by atoms with Crippen molar-refractivity contribution in [1.29, 1.82) is 0 Å². The summed E-state index contributed by atoms with van der Waals surface area (Å²) in [6.45, 7) is 5.03. The van der Waals surface area contributed by atoms with Crippen LogP contribution in [0.4, 0.5) is 0 Å². The van der Waals surface area contributed by atoms with Gasteiger partial charge in [0.1, 0.15) is 0 Å². The number of benzene rings is 1. The minimum Gasteiger partial charge on any atom is -0.340 e. The van der Waals surface area contributed by atoms with E-state index in [0.29, 0.717) is 19.5 Å². The predicted molar refractivity (Wildman–Crippen MR) is 81.9 cm³/mol. The van der Waals surface area contributed by atoms with E-state index in [1.54, 1.807) is 0 Å². The Morgan fingerprint density at radius 3 is 2.65 bits per heavy atom. The first-order valence-corrected chi connectivity index (χ1v) is 7.45. The molecule has 1 saturated heterocycles. The lowest BCUT2D eigenvalue weighted by atomic mass is 10.2. The Labute approximate surface area is 125 Å². The standard InChI is InChI=1S/C15H22ClN3O/c1-18-8-10-19(11-9-18)15(20)6-7-17-12-13-4-2-3-5-14(13)16/h2-5,17H,6-12H2,1H3. The van der Waals surface area contributed by atoms with Crippen LogP contribution in [0.15, 0.2) is 24.3 Å². The number of halogens is 1. The van der Waals surface area contributed by atoms with Crippen LogP contribution in [-0.4, -0.2) is 55.5 Å². The summed E-state index contributed by atoms with van der Waals surface area (Å²) in [4.78, 5) is 16.2. The Kier molecular flexibility index (Phi) is 5.83. The molecular formula is C15H22ClN3O. The van der Waals surface area contributed by atoms with Crippen LogP contribution in [0.2, 0.25) is 5.02 Å². The fourth-order valence-electron chi connectivity index (χ4n) is 2.27. The third-order valence-corrected chi connectivity index (χ3v) is 4.01. The van der Waals surface area contributed by atoms with Gasteiger partial charge in [-0.15, -0.1) is 0 Å². The number of likely N-dealkylation sites (N-methyl/N-ethyl adjacent to an activating group) is 1. The zero-order valence-corrected chi connectivity index (χ0v) is 12.7. The fourth-order valence-corrected chi connectivity index (χ4v) is 2.48. The Morgan fingerprint density at radius 2 is 1.95 bits per heavy atom. The van der Waals surface area contributed by atoms with Crippen LogP contribution in [0, 0.1) is 0 Å². The molecule has 0 radical (unpaired) electrons. The van der Waals surface area contributed by atoms with E-state index in [2.05, 4.69) is 17.3 Å². The zero-order valence-electron chi connectivity index (χ0n) is 11.9. The highest BCUT2D eigenvalue weighted by Gasteiger charge is 2.18. The molecule has 1 N–H and O–H groups in total. The van der Waals surface area contributed by atoms with Gasteiger partial charge in [-0.3, -0.25) is 4.79 Å². The molecule has 1 aliphatic heterocycles. The summed E-state index contributed by atoms with van der Waals surface area (Å²) < 4.78 is 0. The third-order valence-electron chi connectivity index (χ3n) is 3.64. The molecular weight excluding hydrogens is 274 g/mol. The highest BCUT2D eigenvalue weighted by atomic mass is 35.5. The summed E-state index contributed by atoms with van der Waals surface area (Å²) in [7, 11) is 2.09. The van der Waals surface area contributed by atoms with Crippen molar-refractivity contribution in [2.24, 2.45) is 0 Å². The van der Waals surface area contributed by atoms with E-state index in [1.165, 1.54) is 0 Å². The molecule has 1 amide bonds. The van der Waals surface area contributed by atoms with Crippen LogP contribution in [0.1, 0.15) is 12.0 Å². The van der Waals surface area contributed by atoms with Gasteiger partial charge in [-0.25, -0.2) is 0 Å². The summed E-state index contributed by atoms with van der Waals surface area (Å²) in [5.41, 5.74) is 1.07. The van der Waals surface area contributed by atoms with E-state index in [1.807, 2.05) is 29.2 Å². The van der Waals surface area contributed by atoms with Gasteiger partial charge in [0.2, 0.25) is 5.91 Å². The molecule has 0 aromatic heterocycles. The fraction of sp³-hybridized carbons (Fsp3) is 0.533. The van der Waals surface area contributed by atoms with Gasteiger partial charge in [-0.1, -0.05) is 29.8 Å². The van der Waals surface area contributed by atoms with Crippen molar-refractivity contribution in [3.63, 3.8) is 0 Å². The quantitative estimate of drug-likeness (QED) is 0.838. The Hall–Kier alpha value is -1.10. The molecule has 1 aromatic rings. The van der Waals surface area contributed by atoms with Crippen molar-refractivity contribution in [2.45, 2.75) is 13.0 Å². The number of piperazine rings is 1. The smallest absolute Gasteiger partial charge is 0.223 e. The molecule has 0 atom stereocenters. The molecule has 0 saturated carbocycles. The van der Waals surface area contributed by atoms with Gasteiger partial charge in [-0.2, -0.15) is 0 Å². The molecule has 2 rings (SSSR count). The number of amides is 1. The van der Waals surface area contributed by atoms with Crippen LogP contribution >= 0.6 is 11.6 Å². The van der Waals surface area contributed by atoms with Gasteiger partial charge >= 0.3 is 0 Å². The molecule has 0 spiro atoms. The molecule has 4 nitrogen and oxygen atoms in total. The Balaban J connectivity index is 1.66. The van der Waals surface area contributed by atoms with Crippen LogP contribution in [-0.2, 0) is 11.3 Å². The first-order chi connectivity index (χ1) is 9.66. The molecule has 5 heteroatoms. The summed E-state index contributed by atoms with van der Waals surface area (Å²) in [5, 5.41) is 4.05. The van der Waals surface area contributed by atoms with Crippen LogP contribution in [0.5, 0.6) is 0 Å². The lowest BCUT2D eigenvalue weighted by Crippen LogP contribution is -2.47. The topological polar surface area (TPSA) is 35.6 Å². The van der Waals surface area contributed by atoms with Gasteiger partial charge in [0.05, 0.1) is 0 Å². The number of nitrogens with one attached hydrogen (secondary N) is 1. The minimum absolute atomic E-state index is 0.241. The monoisotopic (exact) mass is 295 g/mol. The maximum atomic E-state index is 12.0. The molecule has 1 aromatic carbocycles. The average molecular weight is 296 g/mol. The first kappa shape index (κ1) is 15.3. The van der Waals surface area contributed by atoms with Gasteiger partial charge < -0.3 is 15.1 Å². The Bertz CT molecular complexity index is 444. The second-order valence-corrected chi connectivity index (χ2v) is 5.61. The van der Waals surface area contributed by atoms with Crippen molar-refractivity contribution < 1.29 is 4.79 Å². The first-order valence-electron chi connectivity index (χ1n) is 7.07. The van der Waals surface area contributed by atoms with Gasteiger partial charge in [-0.05, 0) is 18.7 Å². The van der Waals surface area contributed by atoms with E-state index in [9.17, 15) is 4.79 Å². The highest BCUT2D eigenvalue weighted by Crippen LogP contribution is 2.14. The summed E-state index contributed by atoms with van der Waals surface area (Å²) in [6.07, 6.45) is 0.550. The maximum Gasteiger partial charge on any atom is 0.223 e. The molecule has 0 bridgehead atoms. The largest absolute Gasteiger partial charge is 0.340 e. The number of nitrogens with zero attached hydrogens (tertiary/aromatic N) is 2. The van der Waals surface area contributed by atoms with E-state index in [-0.39, 0.29) is 5.91 Å². The van der Waals surface area contributed by atoms with Gasteiger partial charge in [0.25, 0.3) is 0 Å². The van der Waals surface area contributed by atoms with Gasteiger partial charge in [0.15, 0.2) is 0 Å². The lowest BCUT2D eigenvalue weighted by molar-refractivity contribution is -0.132. The van der Waals surface area contributed by atoms with E-state index < -0.39 is 0 Å². The van der Waals surface area contributed by atoms with Crippen molar-refractivity contribution in [1.82, 2.24) is 15.1 Å². The zero-order chi connectivity index (χ0) is 14.4. The van der Waals surface area contributed by atoms with E-state index in [4.69, 9.17) is 11.6 Å². The number of hydrogen-bond donors (Lipinski definition) is 1. The summed E-state index contributed by atoms with van der Waals surface area (Å²) >= 11 is 6.08. The molecule has 0 unspecified atom stereocenters. The third kappa shape index (κ3) is 4.47. The van der Waals surface area contributed by atoms with E-state index >= 15 is 0 Å². The number of carbonyl (C=O) groups is 1. The van der Waals surface area contributed by atoms with Crippen molar-refractivity contribution in [3.05, 3.63) is 34.9 Å². The number of carbonyl (C=O) groups excluding carboxylic acids is 1.